The fourth-order valence-electron chi connectivity index (χ4n) is 3.99. The van der Waals surface area contributed by atoms with Crippen LogP contribution in [0.25, 0.3) is 0 Å². The van der Waals surface area contributed by atoms with E-state index < -0.39 is 47.3 Å². The number of benzene rings is 1. The minimum atomic E-state index is -4.58. The number of anilines is 1. The Morgan fingerprint density at radius 2 is 1.64 bits per heavy atom. The summed E-state index contributed by atoms with van der Waals surface area (Å²) < 4.78 is 38.8. The third kappa shape index (κ3) is 2.06. The van der Waals surface area contributed by atoms with Crippen LogP contribution in [0.15, 0.2) is 36.4 Å². The maximum atomic E-state index is 12.9. The minimum Gasteiger partial charge on any atom is -0.338 e. The van der Waals surface area contributed by atoms with E-state index in [4.69, 9.17) is 0 Å². The predicted octanol–water partition coefficient (Wildman–Crippen LogP) is 1.84. The van der Waals surface area contributed by atoms with Gasteiger partial charge in [0.05, 0.1) is 35.0 Å². The zero-order chi connectivity index (χ0) is 18.1. The van der Waals surface area contributed by atoms with Crippen LogP contribution >= 0.6 is 0 Å². The molecule has 0 N–H and O–H groups in total. The van der Waals surface area contributed by atoms with Gasteiger partial charge in [0.1, 0.15) is 0 Å². The van der Waals surface area contributed by atoms with Crippen LogP contribution in [0.5, 0.6) is 0 Å². The van der Waals surface area contributed by atoms with Gasteiger partial charge in [-0.25, -0.2) is 4.90 Å². The molecule has 1 aromatic rings. The topological polar surface area (TPSA) is 57.7 Å². The van der Waals surface area contributed by atoms with Gasteiger partial charge in [-0.2, -0.15) is 13.2 Å². The van der Waals surface area contributed by atoms with Crippen LogP contribution in [0.4, 0.5) is 18.9 Å². The molecule has 0 spiro atoms. The second kappa shape index (κ2) is 4.93. The number of fused-ring (bicyclic) bond motifs is 1. The normalized spacial score (nSPS) is 31.1. The molecule has 8 heteroatoms. The molecule has 4 aliphatic rings. The third-order valence-electron chi connectivity index (χ3n) is 5.18. The molecule has 5 rings (SSSR count). The van der Waals surface area contributed by atoms with Gasteiger partial charge in [-0.05, 0) is 18.2 Å². The quantitative estimate of drug-likeness (QED) is 0.574. The van der Waals surface area contributed by atoms with Crippen molar-refractivity contribution in [3.05, 3.63) is 42.0 Å². The SMILES string of the molecule is CN1C(=O)C2C=CC1[C@H]1C(=O)N(c3cccc(C(F)(F)F)c3)C(=O)[C@@H]21. The standard InChI is InChI=1S/C17H13F3N2O3/c1-21-11-6-5-10(14(21)23)12-13(11)16(25)22(15(12)24)9-4-2-3-8(7-9)17(18,19)20/h2-7,10-13H,1H3/t10?,11?,12-,13+/m0/s1. The van der Waals surface area contributed by atoms with Gasteiger partial charge in [0.25, 0.3) is 0 Å². The van der Waals surface area contributed by atoms with E-state index >= 15 is 0 Å². The number of likely N-dealkylation sites (N-methyl/N-ethyl adjacent to an activating group) is 1. The van der Waals surface area contributed by atoms with E-state index in [0.717, 1.165) is 23.1 Å². The summed E-state index contributed by atoms with van der Waals surface area (Å²) in [6.07, 6.45) is -1.24. The van der Waals surface area contributed by atoms with Crippen LogP contribution in [0, 0.1) is 17.8 Å². The third-order valence-corrected chi connectivity index (χ3v) is 5.18. The number of carbonyl (C=O) groups is 3. The van der Waals surface area contributed by atoms with E-state index in [1.165, 1.54) is 11.0 Å². The number of hydrogen-bond acceptors (Lipinski definition) is 3. The monoisotopic (exact) mass is 350 g/mol. The Morgan fingerprint density at radius 3 is 2.32 bits per heavy atom. The van der Waals surface area contributed by atoms with Gasteiger partial charge in [-0.15, -0.1) is 0 Å². The van der Waals surface area contributed by atoms with Gasteiger partial charge in [0, 0.05) is 7.05 Å². The molecular formula is C17H13F3N2O3. The van der Waals surface area contributed by atoms with Crippen LogP contribution in [0.2, 0.25) is 0 Å². The maximum absolute atomic E-state index is 12.9. The van der Waals surface area contributed by atoms with E-state index in [1.54, 1.807) is 19.2 Å². The van der Waals surface area contributed by atoms with Crippen molar-refractivity contribution in [1.29, 1.82) is 0 Å². The Hall–Kier alpha value is -2.64. The lowest BCUT2D eigenvalue weighted by Crippen LogP contribution is -2.57. The average molecular weight is 350 g/mol. The molecule has 0 saturated carbocycles. The lowest BCUT2D eigenvalue weighted by molar-refractivity contribution is -0.148. The number of rotatable bonds is 1. The highest BCUT2D eigenvalue weighted by Gasteiger charge is 2.61. The number of carbonyl (C=O) groups excluding carboxylic acids is 3. The molecule has 0 radical (unpaired) electrons. The summed E-state index contributed by atoms with van der Waals surface area (Å²) in [5.41, 5.74) is -1.05. The van der Waals surface area contributed by atoms with Crippen molar-refractivity contribution in [2.75, 3.05) is 11.9 Å². The molecular weight excluding hydrogens is 337 g/mol. The molecule has 2 saturated heterocycles. The molecule has 4 atom stereocenters. The predicted molar refractivity (Wildman–Crippen MR) is 80.1 cm³/mol. The molecule has 0 aromatic heterocycles. The van der Waals surface area contributed by atoms with Crippen molar-refractivity contribution in [3.63, 3.8) is 0 Å². The Bertz CT molecular complexity index is 833. The second-order valence-electron chi connectivity index (χ2n) is 6.46. The van der Waals surface area contributed by atoms with Crippen LogP contribution < -0.4 is 4.90 Å². The number of hydrogen-bond donors (Lipinski definition) is 0. The maximum Gasteiger partial charge on any atom is 0.416 e. The number of piperidine rings is 1. The number of alkyl halides is 3. The first kappa shape index (κ1) is 15.9. The summed E-state index contributed by atoms with van der Waals surface area (Å²) in [7, 11) is 1.56. The average Bonchev–Trinajstić information content (AvgIpc) is 2.83. The highest BCUT2D eigenvalue weighted by Crippen LogP contribution is 2.46. The van der Waals surface area contributed by atoms with Crippen LogP contribution in [-0.4, -0.2) is 35.7 Å². The lowest BCUT2D eigenvalue weighted by atomic mass is 9.70. The number of nitrogens with zero attached hydrogens (tertiary/aromatic N) is 2. The summed E-state index contributed by atoms with van der Waals surface area (Å²) in [6, 6.07) is 3.57. The number of imide groups is 1. The molecule has 3 heterocycles. The van der Waals surface area contributed by atoms with Gasteiger partial charge < -0.3 is 4.90 Å². The van der Waals surface area contributed by atoms with E-state index in [9.17, 15) is 27.6 Å². The summed E-state index contributed by atoms with van der Waals surface area (Å²) in [5.74, 6) is -3.77. The molecule has 1 aliphatic carbocycles. The number of halogens is 3. The fourth-order valence-corrected chi connectivity index (χ4v) is 3.99. The van der Waals surface area contributed by atoms with Crippen molar-refractivity contribution in [2.24, 2.45) is 17.8 Å². The Balaban J connectivity index is 1.76. The van der Waals surface area contributed by atoms with Crippen LogP contribution in [0.1, 0.15) is 5.56 Å². The van der Waals surface area contributed by atoms with Gasteiger partial charge >= 0.3 is 6.18 Å². The smallest absolute Gasteiger partial charge is 0.338 e. The Kier molecular flexibility index (Phi) is 3.13. The van der Waals surface area contributed by atoms with Crippen molar-refractivity contribution >= 4 is 23.4 Å². The zero-order valence-corrected chi connectivity index (χ0v) is 13.0. The van der Waals surface area contributed by atoms with Crippen molar-refractivity contribution in [3.8, 4) is 0 Å². The molecule has 3 amide bonds. The molecule has 130 valence electrons. The van der Waals surface area contributed by atoms with Gasteiger partial charge in [-0.3, -0.25) is 14.4 Å². The summed E-state index contributed by atoms with van der Waals surface area (Å²) in [5, 5.41) is 0. The van der Waals surface area contributed by atoms with Crippen molar-refractivity contribution in [1.82, 2.24) is 4.90 Å². The largest absolute Gasteiger partial charge is 0.416 e. The van der Waals surface area contributed by atoms with Crippen molar-refractivity contribution < 1.29 is 27.6 Å². The fraction of sp³-hybridized carbons (Fsp3) is 0.353. The van der Waals surface area contributed by atoms with E-state index in [1.807, 2.05) is 0 Å². The van der Waals surface area contributed by atoms with E-state index in [0.29, 0.717) is 0 Å². The first-order valence-electron chi connectivity index (χ1n) is 7.72. The zero-order valence-electron chi connectivity index (χ0n) is 13.0. The minimum absolute atomic E-state index is 0.117. The summed E-state index contributed by atoms with van der Waals surface area (Å²) >= 11 is 0. The summed E-state index contributed by atoms with van der Waals surface area (Å²) in [4.78, 5) is 40.1. The Labute approximate surface area is 140 Å². The van der Waals surface area contributed by atoms with Crippen LogP contribution in [0.3, 0.4) is 0 Å². The van der Waals surface area contributed by atoms with E-state index in [2.05, 4.69) is 0 Å². The van der Waals surface area contributed by atoms with Gasteiger partial charge in [0.15, 0.2) is 0 Å². The highest BCUT2D eigenvalue weighted by molar-refractivity contribution is 6.24. The molecule has 1 aromatic carbocycles. The second-order valence-corrected chi connectivity index (χ2v) is 6.46. The number of amides is 3. The lowest BCUT2D eigenvalue weighted by Gasteiger charge is -2.44. The molecule has 2 unspecified atom stereocenters. The van der Waals surface area contributed by atoms with Gasteiger partial charge in [0.2, 0.25) is 17.7 Å². The molecule has 5 nitrogen and oxygen atoms in total. The van der Waals surface area contributed by atoms with Gasteiger partial charge in [-0.1, -0.05) is 18.2 Å². The highest BCUT2D eigenvalue weighted by atomic mass is 19.4. The van der Waals surface area contributed by atoms with Crippen molar-refractivity contribution in [2.45, 2.75) is 12.2 Å². The van der Waals surface area contributed by atoms with Crippen LogP contribution in [-0.2, 0) is 20.6 Å². The Morgan fingerprint density at radius 1 is 0.960 bits per heavy atom. The first-order chi connectivity index (χ1) is 11.7. The molecule has 2 bridgehead atoms. The molecule has 2 fully saturated rings. The summed E-state index contributed by atoms with van der Waals surface area (Å²) in [6.45, 7) is 0. The molecule has 3 aliphatic heterocycles. The van der Waals surface area contributed by atoms with E-state index in [-0.39, 0.29) is 11.6 Å². The first-order valence-corrected chi connectivity index (χ1v) is 7.72. The molecule has 25 heavy (non-hydrogen) atoms.